The number of carbonyl (C=O) groups excluding carboxylic acids is 1. The Balaban J connectivity index is 1.86. The van der Waals surface area contributed by atoms with Gasteiger partial charge in [-0.1, -0.05) is 6.92 Å². The number of fused-ring (bicyclic) bond motifs is 1. The largest absolute Gasteiger partial charge is 0.349 e. The molecule has 0 spiro atoms. The summed E-state index contributed by atoms with van der Waals surface area (Å²) < 4.78 is 14.1. The molecule has 0 saturated heterocycles. The maximum absolute atomic E-state index is 13.0. The fourth-order valence-corrected chi connectivity index (χ4v) is 2.33. The topological polar surface area (TPSA) is 66.9 Å². The highest BCUT2D eigenvalue weighted by molar-refractivity contribution is 14.1. The lowest BCUT2D eigenvalue weighted by Gasteiger charge is -2.08. The van der Waals surface area contributed by atoms with Crippen molar-refractivity contribution in [1.82, 2.24) is 20.6 Å². The molecule has 22 heavy (non-hydrogen) atoms. The Morgan fingerprint density at radius 1 is 1.36 bits per heavy atom. The minimum Gasteiger partial charge on any atom is -0.349 e. The minimum absolute atomic E-state index is 0.276. The average molecular weight is 416 g/mol. The second-order valence-corrected chi connectivity index (χ2v) is 6.10. The number of nitrogens with zero attached hydrogens (tertiary/aromatic N) is 2. The lowest BCUT2D eigenvalue weighted by Crippen LogP contribution is -2.34. The van der Waals surface area contributed by atoms with E-state index in [1.165, 1.54) is 6.20 Å². The number of amides is 1. The number of nitrogens with one attached hydrogen (secondary N) is 2. The molecule has 118 valence electrons. The molecule has 1 unspecified atom stereocenters. The van der Waals surface area contributed by atoms with Crippen LogP contribution in [0.5, 0.6) is 0 Å². The minimum atomic E-state index is -0.843. The molecule has 1 aromatic carbocycles. The van der Waals surface area contributed by atoms with E-state index in [1.54, 1.807) is 6.92 Å². The summed E-state index contributed by atoms with van der Waals surface area (Å²) in [5.74, 6) is -0.276. The van der Waals surface area contributed by atoms with Crippen molar-refractivity contribution in [3.05, 3.63) is 33.7 Å². The lowest BCUT2D eigenvalue weighted by molar-refractivity contribution is 0.0949. The monoisotopic (exact) mass is 416 g/mol. The highest BCUT2D eigenvalue weighted by Crippen LogP contribution is 2.13. The maximum atomic E-state index is 13.0. The summed E-state index contributed by atoms with van der Waals surface area (Å²) in [6.45, 7) is 3.04. The number of carbonyl (C=O) groups is 1. The van der Waals surface area contributed by atoms with Crippen LogP contribution in [0, 0.1) is 3.57 Å². The van der Waals surface area contributed by atoms with Crippen molar-refractivity contribution in [3.8, 4) is 0 Å². The van der Waals surface area contributed by atoms with Crippen LogP contribution in [0.25, 0.3) is 11.0 Å². The number of rotatable bonds is 7. The predicted octanol–water partition coefficient (Wildman–Crippen LogP) is 2.30. The summed E-state index contributed by atoms with van der Waals surface area (Å²) in [4.78, 5) is 20.5. The van der Waals surface area contributed by atoms with E-state index in [-0.39, 0.29) is 11.6 Å². The van der Waals surface area contributed by atoms with Gasteiger partial charge in [0, 0.05) is 23.2 Å². The van der Waals surface area contributed by atoms with Crippen LogP contribution >= 0.6 is 22.6 Å². The molecule has 2 N–H and O–H groups in total. The molecule has 1 atom stereocenters. The van der Waals surface area contributed by atoms with Gasteiger partial charge in [0.2, 0.25) is 0 Å². The lowest BCUT2D eigenvalue weighted by atomic mass is 10.3. The molecule has 7 heteroatoms. The number of halogens is 2. The predicted molar refractivity (Wildman–Crippen MR) is 92.6 cm³/mol. The fourth-order valence-electron chi connectivity index (χ4n) is 1.85. The molecule has 0 aliphatic heterocycles. The van der Waals surface area contributed by atoms with Crippen LogP contribution in [0.1, 0.15) is 23.8 Å². The smallest absolute Gasteiger partial charge is 0.271 e. The van der Waals surface area contributed by atoms with E-state index < -0.39 is 6.17 Å². The number of aromatic nitrogens is 2. The van der Waals surface area contributed by atoms with Gasteiger partial charge in [-0.25, -0.2) is 9.37 Å². The van der Waals surface area contributed by atoms with Crippen molar-refractivity contribution in [2.75, 3.05) is 19.6 Å². The SMILES string of the molecule is CCC(F)CNCCNC(=O)c1cnc2cc(I)ccc2n1. The normalized spacial score (nSPS) is 12.3. The molecule has 1 heterocycles. The van der Waals surface area contributed by atoms with Crippen molar-refractivity contribution in [1.29, 1.82) is 0 Å². The van der Waals surface area contributed by atoms with Gasteiger partial charge in [-0.15, -0.1) is 0 Å². The van der Waals surface area contributed by atoms with Gasteiger partial charge in [-0.3, -0.25) is 9.78 Å². The van der Waals surface area contributed by atoms with Crippen LogP contribution in [0.3, 0.4) is 0 Å². The Kier molecular flexibility index (Phi) is 6.44. The van der Waals surface area contributed by atoms with Crippen LogP contribution < -0.4 is 10.6 Å². The van der Waals surface area contributed by atoms with Gasteiger partial charge in [-0.05, 0) is 47.2 Å². The number of alkyl halides is 1. The molecule has 1 aromatic heterocycles. The van der Waals surface area contributed by atoms with Gasteiger partial charge in [-0.2, -0.15) is 0 Å². The van der Waals surface area contributed by atoms with Crippen molar-refractivity contribution in [2.45, 2.75) is 19.5 Å². The first-order valence-corrected chi connectivity index (χ1v) is 8.23. The van der Waals surface area contributed by atoms with E-state index in [0.29, 0.717) is 31.6 Å². The summed E-state index contributed by atoms with van der Waals surface area (Å²) in [6.07, 6.45) is 1.12. The van der Waals surface area contributed by atoms with Crippen LogP contribution in [0.4, 0.5) is 4.39 Å². The van der Waals surface area contributed by atoms with Crippen LogP contribution in [-0.4, -0.2) is 41.7 Å². The molecule has 0 saturated carbocycles. The van der Waals surface area contributed by atoms with E-state index in [1.807, 2.05) is 18.2 Å². The van der Waals surface area contributed by atoms with E-state index in [4.69, 9.17) is 0 Å². The molecule has 2 aromatic rings. The Hall–Kier alpha value is -1.35. The third-order valence-electron chi connectivity index (χ3n) is 3.13. The molecule has 0 aliphatic carbocycles. The van der Waals surface area contributed by atoms with Crippen LogP contribution in [0.15, 0.2) is 24.4 Å². The summed E-state index contributed by atoms with van der Waals surface area (Å²) in [6, 6.07) is 5.68. The van der Waals surface area contributed by atoms with Crippen molar-refractivity contribution < 1.29 is 9.18 Å². The average Bonchev–Trinajstić information content (AvgIpc) is 2.53. The summed E-state index contributed by atoms with van der Waals surface area (Å²) in [5, 5.41) is 5.69. The number of benzene rings is 1. The second kappa shape index (κ2) is 8.33. The zero-order chi connectivity index (χ0) is 15.9. The van der Waals surface area contributed by atoms with Gasteiger partial charge in [0.25, 0.3) is 5.91 Å². The first-order chi connectivity index (χ1) is 10.6. The molecule has 5 nitrogen and oxygen atoms in total. The van der Waals surface area contributed by atoms with Gasteiger partial charge < -0.3 is 10.6 Å². The van der Waals surface area contributed by atoms with Gasteiger partial charge in [0.1, 0.15) is 11.9 Å². The fraction of sp³-hybridized carbons (Fsp3) is 0.400. The van der Waals surface area contributed by atoms with E-state index >= 15 is 0 Å². The zero-order valence-corrected chi connectivity index (χ0v) is 14.4. The Bertz CT molecular complexity index is 652. The van der Waals surface area contributed by atoms with E-state index in [0.717, 1.165) is 9.09 Å². The highest BCUT2D eigenvalue weighted by Gasteiger charge is 2.09. The van der Waals surface area contributed by atoms with Crippen LogP contribution in [0.2, 0.25) is 0 Å². The van der Waals surface area contributed by atoms with Gasteiger partial charge in [0.15, 0.2) is 0 Å². The molecule has 0 aliphatic rings. The van der Waals surface area contributed by atoms with E-state index in [2.05, 4.69) is 43.2 Å². The van der Waals surface area contributed by atoms with Crippen molar-refractivity contribution in [2.24, 2.45) is 0 Å². The van der Waals surface area contributed by atoms with Crippen LogP contribution in [-0.2, 0) is 0 Å². The molecule has 0 bridgehead atoms. The quantitative estimate of drug-likeness (QED) is 0.537. The Labute approximate surface area is 142 Å². The van der Waals surface area contributed by atoms with Crippen molar-refractivity contribution in [3.63, 3.8) is 0 Å². The Morgan fingerprint density at radius 2 is 2.18 bits per heavy atom. The summed E-state index contributed by atoms with van der Waals surface area (Å²) in [7, 11) is 0. The first kappa shape index (κ1) is 17.0. The number of hydrogen-bond donors (Lipinski definition) is 2. The molecular formula is C15H18FIN4O. The molecule has 0 fully saturated rings. The zero-order valence-electron chi connectivity index (χ0n) is 12.3. The molecular weight excluding hydrogens is 398 g/mol. The molecule has 0 radical (unpaired) electrons. The molecule has 1 amide bonds. The summed E-state index contributed by atoms with van der Waals surface area (Å²) in [5.41, 5.74) is 1.73. The molecule has 2 rings (SSSR count). The van der Waals surface area contributed by atoms with Crippen molar-refractivity contribution >= 4 is 39.5 Å². The second-order valence-electron chi connectivity index (χ2n) is 4.85. The van der Waals surface area contributed by atoms with E-state index in [9.17, 15) is 9.18 Å². The highest BCUT2D eigenvalue weighted by atomic mass is 127. The summed E-state index contributed by atoms with van der Waals surface area (Å²) >= 11 is 2.20. The van der Waals surface area contributed by atoms with Gasteiger partial charge in [0.05, 0.1) is 17.2 Å². The standard InChI is InChI=1S/C15H18FIN4O/c1-2-10(16)8-18-5-6-19-15(22)14-9-20-13-7-11(17)3-4-12(13)21-14/h3-4,7,9-10,18H,2,5-6,8H2,1H3,(H,19,22). The van der Waals surface area contributed by atoms with Gasteiger partial charge >= 0.3 is 0 Å². The third-order valence-corrected chi connectivity index (χ3v) is 3.80. The Morgan fingerprint density at radius 3 is 2.95 bits per heavy atom. The third kappa shape index (κ3) is 4.84. The maximum Gasteiger partial charge on any atom is 0.271 e. The first-order valence-electron chi connectivity index (χ1n) is 7.15. The number of hydrogen-bond acceptors (Lipinski definition) is 4.